The lowest BCUT2D eigenvalue weighted by molar-refractivity contribution is -0.121. The minimum atomic E-state index is -0.587. The van der Waals surface area contributed by atoms with Gasteiger partial charge in [0.2, 0.25) is 23.6 Å². The zero-order valence-corrected chi connectivity index (χ0v) is 35.0. The van der Waals surface area contributed by atoms with E-state index in [1.54, 1.807) is 75.2 Å². The highest BCUT2D eigenvalue weighted by Gasteiger charge is 2.21. The van der Waals surface area contributed by atoms with Crippen LogP contribution in [0.3, 0.4) is 0 Å². The van der Waals surface area contributed by atoms with E-state index in [0.717, 1.165) is 6.42 Å². The lowest BCUT2D eigenvalue weighted by atomic mass is 10.1. The van der Waals surface area contributed by atoms with Crippen molar-refractivity contribution in [2.24, 2.45) is 41.0 Å². The number of aryl methyl sites for hydroxylation is 5. The van der Waals surface area contributed by atoms with Crippen molar-refractivity contribution in [3.05, 3.63) is 71.8 Å². The number of nitrogens with two attached hydrogens (primary N) is 2. The largest absolute Gasteiger partial charge is 0.382 e. The van der Waals surface area contributed by atoms with Crippen molar-refractivity contribution >= 4 is 64.4 Å². The van der Waals surface area contributed by atoms with E-state index in [4.69, 9.17) is 11.5 Å². The number of hydrogen-bond acceptors (Lipinski definition) is 12. The fourth-order valence-electron chi connectivity index (χ4n) is 6.14. The molecule has 1 atom stereocenters. The second-order valence-corrected chi connectivity index (χ2v) is 14.4. The molecule has 23 nitrogen and oxygen atoms in total. The van der Waals surface area contributed by atoms with Crippen molar-refractivity contribution in [3.8, 4) is 0 Å². The Hall–Kier alpha value is -7.43. The predicted molar refractivity (Wildman–Crippen MR) is 226 cm³/mol. The summed E-state index contributed by atoms with van der Waals surface area (Å²) in [6.07, 6.45) is 9.31. The van der Waals surface area contributed by atoms with Crippen LogP contribution in [0.25, 0.3) is 0 Å². The maximum Gasteiger partial charge on any atom is 0.291 e. The average Bonchev–Trinajstić information content (AvgIpc) is 4.02. The highest BCUT2D eigenvalue weighted by atomic mass is 16.2. The molecule has 0 saturated carbocycles. The van der Waals surface area contributed by atoms with E-state index in [2.05, 4.69) is 52.2 Å². The topological polar surface area (TPSA) is 302 Å². The van der Waals surface area contributed by atoms with Crippen LogP contribution in [0.5, 0.6) is 0 Å². The van der Waals surface area contributed by atoms with Gasteiger partial charge in [-0.1, -0.05) is 6.92 Å². The van der Waals surface area contributed by atoms with Crippen molar-refractivity contribution in [2.75, 3.05) is 47.9 Å². The quantitative estimate of drug-likeness (QED) is 0.0514. The lowest BCUT2D eigenvalue weighted by Crippen LogP contribution is -2.32. The summed E-state index contributed by atoms with van der Waals surface area (Å²) in [6, 6.07) is 2.60. The van der Waals surface area contributed by atoms with Crippen molar-refractivity contribution in [3.63, 3.8) is 0 Å². The predicted octanol–water partition coefficient (Wildman–Crippen LogP) is 0.367. The van der Waals surface area contributed by atoms with E-state index in [9.17, 15) is 28.8 Å². The van der Waals surface area contributed by atoms with E-state index >= 15 is 0 Å². The normalized spacial score (nSPS) is 11.5. The Morgan fingerprint density at radius 2 is 1.20 bits per heavy atom. The van der Waals surface area contributed by atoms with Crippen LogP contribution in [0, 0.1) is 0 Å². The maximum atomic E-state index is 13.2. The fourth-order valence-corrected chi connectivity index (χ4v) is 6.14. The molecule has 0 bridgehead atoms. The molecule has 0 aliphatic rings. The summed E-state index contributed by atoms with van der Waals surface area (Å²) in [7, 11) is 8.44. The fraction of sp³-hybridized carbons (Fsp3) is 0.395. The third-order valence-corrected chi connectivity index (χ3v) is 9.30. The summed E-state index contributed by atoms with van der Waals surface area (Å²) in [5.41, 5.74) is 14.3. The van der Waals surface area contributed by atoms with E-state index in [-0.39, 0.29) is 67.5 Å². The molecular weight excluding hydrogens is 791 g/mol. The summed E-state index contributed by atoms with van der Waals surface area (Å²) >= 11 is 0. The number of aromatic nitrogens is 8. The SMILES string of the molecule is CCCNC(=O)CCNC(=O)c1nc(NC(=O)CCNC(=O)c2cc(NC(=O)c3nc(C(N)CCNC(=O)c4cc(Nc5nc(N)cn5C)cn4C)cn3C)cn2C)cn1C. The molecule has 0 fully saturated rings. The van der Waals surface area contributed by atoms with E-state index in [0.29, 0.717) is 47.5 Å². The molecule has 0 aliphatic carbocycles. The number of carbonyl (C=O) groups excluding carboxylic acids is 6. The molecule has 5 heterocycles. The van der Waals surface area contributed by atoms with Crippen LogP contribution in [-0.4, -0.2) is 99.4 Å². The summed E-state index contributed by atoms with van der Waals surface area (Å²) in [4.78, 5) is 88.9. The molecule has 0 aromatic carbocycles. The van der Waals surface area contributed by atoms with Crippen molar-refractivity contribution in [2.45, 2.75) is 38.6 Å². The van der Waals surface area contributed by atoms with Gasteiger partial charge in [-0.2, -0.15) is 4.98 Å². The van der Waals surface area contributed by atoms with Gasteiger partial charge >= 0.3 is 0 Å². The van der Waals surface area contributed by atoms with Crippen LogP contribution in [-0.2, 0) is 44.8 Å². The maximum absolute atomic E-state index is 13.2. The Labute approximate surface area is 351 Å². The van der Waals surface area contributed by atoms with E-state index in [1.165, 1.54) is 26.0 Å². The Morgan fingerprint density at radius 3 is 1.85 bits per heavy atom. The second kappa shape index (κ2) is 20.0. The number of nitrogens with zero attached hydrogens (tertiary/aromatic N) is 8. The van der Waals surface area contributed by atoms with Crippen LogP contribution in [0.15, 0.2) is 43.1 Å². The molecule has 5 aromatic rings. The lowest BCUT2D eigenvalue weighted by Gasteiger charge is -2.10. The molecule has 1 unspecified atom stereocenters. The van der Waals surface area contributed by atoms with Crippen LogP contribution in [0.2, 0.25) is 0 Å². The van der Waals surface area contributed by atoms with E-state index in [1.807, 2.05) is 6.92 Å². The van der Waals surface area contributed by atoms with Gasteiger partial charge in [0.15, 0.2) is 11.6 Å². The van der Waals surface area contributed by atoms with Gasteiger partial charge in [-0.3, -0.25) is 28.8 Å². The number of carbonyl (C=O) groups is 6. The Kier molecular flexibility index (Phi) is 14.7. The van der Waals surface area contributed by atoms with Crippen LogP contribution in [0.4, 0.5) is 29.0 Å². The number of nitrogens with one attached hydrogen (secondary N) is 7. The van der Waals surface area contributed by atoms with Crippen molar-refractivity contribution in [1.29, 1.82) is 0 Å². The monoisotopic (exact) mass is 843 g/mol. The Morgan fingerprint density at radius 1 is 0.607 bits per heavy atom. The smallest absolute Gasteiger partial charge is 0.291 e. The summed E-state index contributed by atoms with van der Waals surface area (Å²) in [5, 5.41) is 19.4. The van der Waals surface area contributed by atoms with Crippen LogP contribution in [0.1, 0.15) is 86.6 Å². The minimum absolute atomic E-state index is 0.00875. The molecule has 5 aromatic heterocycles. The zero-order chi connectivity index (χ0) is 44.4. The first kappa shape index (κ1) is 44.7. The molecule has 0 saturated heterocycles. The highest BCUT2D eigenvalue weighted by molar-refractivity contribution is 6.03. The molecule has 61 heavy (non-hydrogen) atoms. The van der Waals surface area contributed by atoms with Gasteiger partial charge in [-0.05, 0) is 25.0 Å². The molecule has 0 radical (unpaired) electrons. The minimum Gasteiger partial charge on any atom is -0.382 e. The van der Waals surface area contributed by atoms with Gasteiger partial charge in [0.1, 0.15) is 17.2 Å². The Bertz CT molecular complexity index is 2400. The molecule has 326 valence electrons. The molecule has 6 amide bonds. The zero-order valence-electron chi connectivity index (χ0n) is 35.0. The van der Waals surface area contributed by atoms with Gasteiger partial charge in [-0.25, -0.2) is 9.97 Å². The van der Waals surface area contributed by atoms with Gasteiger partial charge in [0, 0.05) is 105 Å². The summed E-state index contributed by atoms with van der Waals surface area (Å²) in [5.74, 6) is -1.23. The van der Waals surface area contributed by atoms with Crippen LogP contribution < -0.4 is 48.7 Å². The van der Waals surface area contributed by atoms with Crippen LogP contribution >= 0.6 is 0 Å². The number of anilines is 5. The van der Waals surface area contributed by atoms with E-state index < -0.39 is 29.7 Å². The van der Waals surface area contributed by atoms with Crippen molar-refractivity contribution < 1.29 is 28.8 Å². The number of hydrogen-bond donors (Lipinski definition) is 9. The highest BCUT2D eigenvalue weighted by Crippen LogP contribution is 2.20. The molecule has 5 rings (SSSR count). The number of nitrogen functional groups attached to an aromatic ring is 1. The van der Waals surface area contributed by atoms with Gasteiger partial charge in [-0.15, -0.1) is 0 Å². The third kappa shape index (κ3) is 11.8. The molecule has 0 aliphatic heterocycles. The van der Waals surface area contributed by atoms with Crippen molar-refractivity contribution in [1.82, 2.24) is 59.1 Å². The average molecular weight is 844 g/mol. The van der Waals surface area contributed by atoms with Gasteiger partial charge in [0.25, 0.3) is 23.6 Å². The molecule has 0 spiro atoms. The number of rotatable bonds is 20. The second-order valence-electron chi connectivity index (χ2n) is 14.4. The third-order valence-electron chi connectivity index (χ3n) is 9.30. The molecule has 11 N–H and O–H groups in total. The first-order chi connectivity index (χ1) is 29.0. The van der Waals surface area contributed by atoms with Gasteiger partial charge < -0.3 is 71.5 Å². The summed E-state index contributed by atoms with van der Waals surface area (Å²) in [6.45, 7) is 2.87. The standard InChI is InChI=1S/C38H53N17O6/c1-7-11-41-30(56)9-13-44-36(60)32-50-29(21-54(32)5)49-31(57)10-14-43-35(59)26-15-22(17-51(26)2)45-37(61)33-47-25(19-53(33)4)24(39)8-12-42-34(58)27-16-23(18-52(27)3)46-38-48-28(40)20-55(38)6/h15-21,24H,7-14,39-40H2,1-6H3,(H,41,56)(H,42,58)(H,43,59)(H,44,60)(H,45,61)(H,46,48)(H,49,57). The number of amides is 6. The molecule has 23 heteroatoms. The Balaban J connectivity index is 1.05. The van der Waals surface area contributed by atoms with Gasteiger partial charge in [0.05, 0.1) is 23.1 Å². The summed E-state index contributed by atoms with van der Waals surface area (Å²) < 4.78 is 7.94. The number of imidazole rings is 3. The molecular formula is C38H53N17O6. The first-order valence-corrected chi connectivity index (χ1v) is 19.5. The first-order valence-electron chi connectivity index (χ1n) is 19.5.